The van der Waals surface area contributed by atoms with Gasteiger partial charge in [-0.1, -0.05) is 0 Å². The summed E-state index contributed by atoms with van der Waals surface area (Å²) in [4.78, 5) is 12.1. The van der Waals surface area contributed by atoms with Gasteiger partial charge in [-0.2, -0.15) is 0 Å². The van der Waals surface area contributed by atoms with Gasteiger partial charge in [0.1, 0.15) is 5.82 Å². The molecule has 3 rings (SSSR count). The monoisotopic (exact) mass is 258 g/mol. The van der Waals surface area contributed by atoms with E-state index in [2.05, 4.69) is 20.3 Å². The highest BCUT2D eigenvalue weighted by Crippen LogP contribution is 2.20. The summed E-state index contributed by atoms with van der Waals surface area (Å²) in [5.41, 5.74) is 3.18. The van der Waals surface area contributed by atoms with Gasteiger partial charge in [0, 0.05) is 43.2 Å². The Bertz CT molecular complexity index is 532. The molecule has 19 heavy (non-hydrogen) atoms. The fourth-order valence-corrected chi connectivity index (χ4v) is 2.38. The minimum atomic E-state index is 0.213. The van der Waals surface area contributed by atoms with Crippen LogP contribution in [-0.2, 0) is 11.2 Å². The first-order valence-electron chi connectivity index (χ1n) is 6.61. The van der Waals surface area contributed by atoms with E-state index in [1.54, 1.807) is 12.4 Å². The van der Waals surface area contributed by atoms with Gasteiger partial charge in [0.25, 0.3) is 0 Å². The standard InChI is InChI=1S/C14H18N4O/c1-10-14(11-2-4-15-5-3-11)18-13(17-10)8-12-9-16-6-7-19-12/h2-5,12,16H,6-9H2,1H3,(H,17,18). The molecule has 0 aliphatic carbocycles. The Morgan fingerprint density at radius 1 is 1.37 bits per heavy atom. The zero-order chi connectivity index (χ0) is 13.1. The molecule has 0 spiro atoms. The maximum Gasteiger partial charge on any atom is 0.109 e. The van der Waals surface area contributed by atoms with Crippen molar-refractivity contribution < 1.29 is 4.74 Å². The van der Waals surface area contributed by atoms with E-state index in [9.17, 15) is 0 Å². The molecule has 100 valence electrons. The molecule has 1 atom stereocenters. The minimum absolute atomic E-state index is 0.213. The Morgan fingerprint density at radius 3 is 2.95 bits per heavy atom. The molecular weight excluding hydrogens is 240 g/mol. The Hall–Kier alpha value is -1.72. The maximum absolute atomic E-state index is 5.70. The summed E-state index contributed by atoms with van der Waals surface area (Å²) in [6.07, 6.45) is 4.61. The molecule has 1 saturated heterocycles. The number of pyridine rings is 1. The highest BCUT2D eigenvalue weighted by atomic mass is 16.5. The second kappa shape index (κ2) is 5.50. The summed E-state index contributed by atoms with van der Waals surface area (Å²) in [7, 11) is 0. The Kier molecular flexibility index (Phi) is 3.57. The van der Waals surface area contributed by atoms with Crippen LogP contribution in [0.25, 0.3) is 11.3 Å². The smallest absolute Gasteiger partial charge is 0.109 e. The summed E-state index contributed by atoms with van der Waals surface area (Å²) >= 11 is 0. The molecule has 2 N–H and O–H groups in total. The predicted octanol–water partition coefficient (Wildman–Crippen LogP) is 1.31. The van der Waals surface area contributed by atoms with Crippen molar-refractivity contribution in [1.82, 2.24) is 20.3 Å². The van der Waals surface area contributed by atoms with Crippen molar-refractivity contribution in [3.05, 3.63) is 36.0 Å². The quantitative estimate of drug-likeness (QED) is 0.871. The zero-order valence-corrected chi connectivity index (χ0v) is 11.0. The molecule has 0 bridgehead atoms. The molecule has 0 aromatic carbocycles. The van der Waals surface area contributed by atoms with Crippen LogP contribution < -0.4 is 5.32 Å². The van der Waals surface area contributed by atoms with Gasteiger partial charge in [0.2, 0.25) is 0 Å². The first-order chi connectivity index (χ1) is 9.33. The summed E-state index contributed by atoms with van der Waals surface area (Å²) in [5, 5.41) is 3.33. The lowest BCUT2D eigenvalue weighted by atomic mass is 10.2. The Labute approximate surface area is 112 Å². The molecule has 0 radical (unpaired) electrons. The van der Waals surface area contributed by atoms with Gasteiger partial charge >= 0.3 is 0 Å². The number of aromatic nitrogens is 3. The average Bonchev–Trinajstić information content (AvgIpc) is 2.82. The lowest BCUT2D eigenvalue weighted by Gasteiger charge is -2.22. The molecule has 5 heteroatoms. The number of hydrogen-bond acceptors (Lipinski definition) is 4. The van der Waals surface area contributed by atoms with E-state index in [4.69, 9.17) is 4.74 Å². The van der Waals surface area contributed by atoms with Gasteiger partial charge < -0.3 is 15.0 Å². The summed E-state index contributed by atoms with van der Waals surface area (Å²) in [6.45, 7) is 4.66. The zero-order valence-electron chi connectivity index (χ0n) is 11.0. The molecule has 1 unspecified atom stereocenters. The number of nitrogens with one attached hydrogen (secondary N) is 2. The first kappa shape index (κ1) is 12.3. The van der Waals surface area contributed by atoms with Crippen molar-refractivity contribution >= 4 is 0 Å². The third-order valence-electron chi connectivity index (χ3n) is 3.31. The van der Waals surface area contributed by atoms with Crippen LogP contribution in [-0.4, -0.2) is 40.8 Å². The van der Waals surface area contributed by atoms with Crippen LogP contribution >= 0.6 is 0 Å². The number of morpholine rings is 1. The molecule has 1 aliphatic heterocycles. The lowest BCUT2D eigenvalue weighted by molar-refractivity contribution is 0.0281. The number of H-pyrrole nitrogens is 1. The Balaban J connectivity index is 1.77. The van der Waals surface area contributed by atoms with Gasteiger partial charge in [0.05, 0.1) is 18.4 Å². The normalized spacial score (nSPS) is 19.5. The molecule has 0 saturated carbocycles. The van der Waals surface area contributed by atoms with Crippen molar-refractivity contribution in [2.75, 3.05) is 19.7 Å². The predicted molar refractivity (Wildman–Crippen MR) is 72.9 cm³/mol. The topological polar surface area (TPSA) is 62.8 Å². The van der Waals surface area contributed by atoms with E-state index < -0.39 is 0 Å². The number of hydrogen-bond donors (Lipinski definition) is 2. The van der Waals surface area contributed by atoms with Crippen LogP contribution in [0.5, 0.6) is 0 Å². The molecule has 3 heterocycles. The summed E-state index contributed by atoms with van der Waals surface area (Å²) in [6, 6.07) is 3.96. The average molecular weight is 258 g/mol. The highest BCUT2D eigenvalue weighted by Gasteiger charge is 2.17. The van der Waals surface area contributed by atoms with Crippen molar-refractivity contribution in [2.45, 2.75) is 19.4 Å². The van der Waals surface area contributed by atoms with E-state index in [0.29, 0.717) is 0 Å². The molecule has 5 nitrogen and oxygen atoms in total. The van der Waals surface area contributed by atoms with E-state index in [-0.39, 0.29) is 6.10 Å². The third-order valence-corrected chi connectivity index (χ3v) is 3.31. The molecule has 1 aliphatic rings. The van der Waals surface area contributed by atoms with E-state index in [0.717, 1.165) is 48.9 Å². The third kappa shape index (κ3) is 2.83. The maximum atomic E-state index is 5.70. The Morgan fingerprint density at radius 2 is 2.21 bits per heavy atom. The van der Waals surface area contributed by atoms with Crippen molar-refractivity contribution in [1.29, 1.82) is 0 Å². The number of nitrogens with zero attached hydrogens (tertiary/aromatic N) is 2. The van der Waals surface area contributed by atoms with Crippen LogP contribution in [0.2, 0.25) is 0 Å². The first-order valence-corrected chi connectivity index (χ1v) is 6.61. The highest BCUT2D eigenvalue weighted by molar-refractivity contribution is 5.61. The number of imidazole rings is 1. The van der Waals surface area contributed by atoms with Crippen LogP contribution in [0.1, 0.15) is 11.5 Å². The van der Waals surface area contributed by atoms with Crippen molar-refractivity contribution in [3.8, 4) is 11.3 Å². The van der Waals surface area contributed by atoms with Gasteiger partial charge in [0.15, 0.2) is 0 Å². The van der Waals surface area contributed by atoms with Gasteiger partial charge in [-0.3, -0.25) is 4.98 Å². The molecule has 2 aromatic heterocycles. The molecule has 0 amide bonds. The largest absolute Gasteiger partial charge is 0.375 e. The van der Waals surface area contributed by atoms with E-state index in [1.165, 1.54) is 0 Å². The minimum Gasteiger partial charge on any atom is -0.375 e. The summed E-state index contributed by atoms with van der Waals surface area (Å²) < 4.78 is 5.70. The fourth-order valence-electron chi connectivity index (χ4n) is 2.38. The second-order valence-electron chi connectivity index (χ2n) is 4.79. The number of rotatable bonds is 3. The van der Waals surface area contributed by atoms with E-state index in [1.807, 2.05) is 19.1 Å². The number of aryl methyl sites for hydroxylation is 1. The van der Waals surface area contributed by atoms with Crippen LogP contribution in [0.15, 0.2) is 24.5 Å². The number of aromatic amines is 1. The number of ether oxygens (including phenoxy) is 1. The van der Waals surface area contributed by atoms with Crippen molar-refractivity contribution in [2.24, 2.45) is 0 Å². The molecule has 2 aromatic rings. The second-order valence-corrected chi connectivity index (χ2v) is 4.79. The van der Waals surface area contributed by atoms with Gasteiger partial charge in [-0.05, 0) is 19.1 Å². The van der Waals surface area contributed by atoms with Gasteiger partial charge in [-0.25, -0.2) is 4.98 Å². The summed E-state index contributed by atoms with van der Waals surface area (Å²) in [5.74, 6) is 0.984. The lowest BCUT2D eigenvalue weighted by Crippen LogP contribution is -2.39. The SMILES string of the molecule is Cc1[nH]c(CC2CNCCO2)nc1-c1ccncc1. The molecular formula is C14H18N4O. The van der Waals surface area contributed by atoms with Crippen molar-refractivity contribution in [3.63, 3.8) is 0 Å². The van der Waals surface area contributed by atoms with Crippen LogP contribution in [0.3, 0.4) is 0 Å². The van der Waals surface area contributed by atoms with Gasteiger partial charge in [-0.15, -0.1) is 0 Å². The molecule has 1 fully saturated rings. The van der Waals surface area contributed by atoms with E-state index >= 15 is 0 Å². The van der Waals surface area contributed by atoms with Crippen LogP contribution in [0, 0.1) is 6.92 Å². The van der Waals surface area contributed by atoms with Crippen LogP contribution in [0.4, 0.5) is 0 Å². The fraction of sp³-hybridized carbons (Fsp3) is 0.429.